The van der Waals surface area contributed by atoms with Crippen LogP contribution in [0.15, 0.2) is 11.4 Å². The normalized spacial score (nSPS) is 12.9. The van der Waals surface area contributed by atoms with Crippen molar-refractivity contribution in [2.45, 2.75) is 64.4 Å². The van der Waals surface area contributed by atoms with Crippen molar-refractivity contribution < 1.29 is 5.11 Å². The third-order valence-electron chi connectivity index (χ3n) is 3.05. The van der Waals surface area contributed by atoms with Gasteiger partial charge in [0, 0.05) is 0 Å². The molecule has 17 heavy (non-hydrogen) atoms. The molecule has 1 aromatic heterocycles. The van der Waals surface area contributed by atoms with Crippen molar-refractivity contribution in [1.82, 2.24) is 0 Å². The highest BCUT2D eigenvalue weighted by molar-refractivity contribution is 14.1. The average molecular weight is 366 g/mol. The van der Waals surface area contributed by atoms with E-state index in [1.807, 2.05) is 0 Å². The van der Waals surface area contributed by atoms with E-state index in [0.717, 1.165) is 18.4 Å². The first-order chi connectivity index (χ1) is 8.24. The smallest absolute Gasteiger partial charge is 0.0798 e. The van der Waals surface area contributed by atoms with E-state index in [2.05, 4.69) is 41.0 Å². The third-order valence-corrected chi connectivity index (χ3v) is 4.86. The summed E-state index contributed by atoms with van der Waals surface area (Å²) >= 11 is 4.02. The van der Waals surface area contributed by atoms with Crippen molar-refractivity contribution in [2.75, 3.05) is 0 Å². The molecule has 0 saturated heterocycles. The molecule has 0 radical (unpaired) electrons. The van der Waals surface area contributed by atoms with Gasteiger partial charge in [0.05, 0.1) is 8.99 Å². The molecule has 0 aliphatic rings. The number of aliphatic hydroxyl groups excluding tert-OH is 1. The maximum atomic E-state index is 9.98. The fourth-order valence-corrected chi connectivity index (χ4v) is 3.38. The monoisotopic (exact) mass is 366 g/mol. The lowest BCUT2D eigenvalue weighted by Gasteiger charge is -2.08. The highest BCUT2D eigenvalue weighted by atomic mass is 127. The molecule has 1 atom stereocenters. The van der Waals surface area contributed by atoms with Crippen molar-refractivity contribution in [3.8, 4) is 0 Å². The molecule has 1 unspecified atom stereocenters. The average Bonchev–Trinajstić information content (AvgIpc) is 2.74. The molecule has 0 spiro atoms. The topological polar surface area (TPSA) is 20.2 Å². The summed E-state index contributed by atoms with van der Waals surface area (Å²) in [5.41, 5.74) is 1.10. The van der Waals surface area contributed by atoms with Gasteiger partial charge in [-0.3, -0.25) is 0 Å². The Balaban J connectivity index is 2.03. The molecular weight excluding hydrogens is 343 g/mol. The van der Waals surface area contributed by atoms with Gasteiger partial charge in [-0.15, -0.1) is 11.3 Å². The maximum absolute atomic E-state index is 9.98. The van der Waals surface area contributed by atoms with Gasteiger partial charge in [-0.1, -0.05) is 51.9 Å². The lowest BCUT2D eigenvalue weighted by Crippen LogP contribution is -1.95. The molecule has 1 aromatic rings. The molecule has 1 heterocycles. The van der Waals surface area contributed by atoms with Gasteiger partial charge in [0.2, 0.25) is 0 Å². The number of thiophene rings is 1. The van der Waals surface area contributed by atoms with E-state index in [0.29, 0.717) is 0 Å². The summed E-state index contributed by atoms with van der Waals surface area (Å²) in [5, 5.41) is 12.1. The van der Waals surface area contributed by atoms with E-state index in [4.69, 9.17) is 0 Å². The first-order valence-corrected chi connectivity index (χ1v) is 8.62. The number of hydrogen-bond acceptors (Lipinski definition) is 2. The second kappa shape index (κ2) is 9.34. The number of aliphatic hydroxyl groups is 1. The Bertz CT molecular complexity index is 298. The SMILES string of the molecule is CCCCCCCCCC(O)c1csc(I)c1. The molecule has 0 bridgehead atoms. The van der Waals surface area contributed by atoms with Gasteiger partial charge in [-0.2, -0.15) is 0 Å². The Labute approximate surface area is 123 Å². The third kappa shape index (κ3) is 6.77. The van der Waals surface area contributed by atoms with Gasteiger partial charge < -0.3 is 5.11 Å². The summed E-state index contributed by atoms with van der Waals surface area (Å²) in [6, 6.07) is 2.09. The van der Waals surface area contributed by atoms with E-state index >= 15 is 0 Å². The number of rotatable bonds is 9. The quantitative estimate of drug-likeness (QED) is 0.450. The Kier molecular flexibility index (Phi) is 8.48. The second-order valence-electron chi connectivity index (χ2n) is 4.61. The number of halogens is 1. The molecule has 98 valence electrons. The minimum atomic E-state index is -0.245. The summed E-state index contributed by atoms with van der Waals surface area (Å²) in [7, 11) is 0. The predicted molar refractivity (Wildman–Crippen MR) is 84.6 cm³/mol. The maximum Gasteiger partial charge on any atom is 0.0798 e. The number of hydrogen-bond donors (Lipinski definition) is 1. The standard InChI is InChI=1S/C14H23IOS/c1-2-3-4-5-6-7-8-9-13(16)12-10-14(15)17-11-12/h10-11,13,16H,2-9H2,1H3. The van der Waals surface area contributed by atoms with Crippen LogP contribution < -0.4 is 0 Å². The van der Waals surface area contributed by atoms with Gasteiger partial charge in [0.15, 0.2) is 0 Å². The van der Waals surface area contributed by atoms with Crippen LogP contribution in [0.1, 0.15) is 70.0 Å². The van der Waals surface area contributed by atoms with Crippen molar-refractivity contribution in [3.63, 3.8) is 0 Å². The molecule has 0 aliphatic carbocycles. The Morgan fingerprint density at radius 3 is 2.41 bits per heavy atom. The second-order valence-corrected chi connectivity index (χ2v) is 7.42. The first-order valence-electron chi connectivity index (χ1n) is 6.66. The van der Waals surface area contributed by atoms with Crippen molar-refractivity contribution in [2.24, 2.45) is 0 Å². The van der Waals surface area contributed by atoms with Crippen LogP contribution in [0.5, 0.6) is 0 Å². The molecule has 0 fully saturated rings. The van der Waals surface area contributed by atoms with Crippen molar-refractivity contribution >= 4 is 33.9 Å². The highest BCUT2D eigenvalue weighted by Crippen LogP contribution is 2.25. The van der Waals surface area contributed by atoms with Crippen molar-refractivity contribution in [3.05, 3.63) is 19.9 Å². The van der Waals surface area contributed by atoms with Gasteiger partial charge in [-0.25, -0.2) is 0 Å². The van der Waals surface area contributed by atoms with Crippen LogP contribution in [-0.2, 0) is 0 Å². The Morgan fingerprint density at radius 2 is 1.82 bits per heavy atom. The molecular formula is C14H23IOS. The minimum absolute atomic E-state index is 0.245. The molecule has 1 N–H and O–H groups in total. The molecule has 0 aromatic carbocycles. The van der Waals surface area contributed by atoms with Crippen LogP contribution in [0, 0.1) is 2.88 Å². The zero-order valence-electron chi connectivity index (χ0n) is 10.6. The highest BCUT2D eigenvalue weighted by Gasteiger charge is 2.08. The molecule has 1 rings (SSSR count). The summed E-state index contributed by atoms with van der Waals surface area (Å²) in [4.78, 5) is 0. The van der Waals surface area contributed by atoms with Crippen LogP contribution in [0.25, 0.3) is 0 Å². The Morgan fingerprint density at radius 1 is 1.18 bits per heavy atom. The first kappa shape index (κ1) is 15.4. The van der Waals surface area contributed by atoms with E-state index < -0.39 is 0 Å². The Hall–Kier alpha value is 0.390. The zero-order valence-corrected chi connectivity index (χ0v) is 13.6. The van der Waals surface area contributed by atoms with Crippen LogP contribution in [0.3, 0.4) is 0 Å². The fraction of sp³-hybridized carbons (Fsp3) is 0.714. The fourth-order valence-electron chi connectivity index (χ4n) is 1.96. The van der Waals surface area contributed by atoms with E-state index in [1.54, 1.807) is 11.3 Å². The van der Waals surface area contributed by atoms with Gasteiger partial charge in [0.25, 0.3) is 0 Å². The van der Waals surface area contributed by atoms with Gasteiger partial charge in [-0.05, 0) is 46.0 Å². The van der Waals surface area contributed by atoms with Crippen molar-refractivity contribution in [1.29, 1.82) is 0 Å². The molecule has 0 aliphatic heterocycles. The van der Waals surface area contributed by atoms with Crippen LogP contribution >= 0.6 is 33.9 Å². The minimum Gasteiger partial charge on any atom is -0.388 e. The molecule has 3 heteroatoms. The summed E-state index contributed by atoms with van der Waals surface area (Å²) in [5.74, 6) is 0. The predicted octanol–water partition coefficient (Wildman–Crippen LogP) is 5.53. The van der Waals surface area contributed by atoms with Crippen LogP contribution in [0.2, 0.25) is 0 Å². The lowest BCUT2D eigenvalue weighted by molar-refractivity contribution is 0.163. The molecule has 1 nitrogen and oxygen atoms in total. The van der Waals surface area contributed by atoms with Crippen LogP contribution in [0.4, 0.5) is 0 Å². The van der Waals surface area contributed by atoms with Gasteiger partial charge in [0.1, 0.15) is 0 Å². The van der Waals surface area contributed by atoms with E-state index in [-0.39, 0.29) is 6.10 Å². The summed E-state index contributed by atoms with van der Waals surface area (Å²) in [6.07, 6.45) is 9.84. The van der Waals surface area contributed by atoms with Gasteiger partial charge >= 0.3 is 0 Å². The van der Waals surface area contributed by atoms with E-state index in [1.165, 1.54) is 41.4 Å². The summed E-state index contributed by atoms with van der Waals surface area (Å²) < 4.78 is 1.26. The lowest BCUT2D eigenvalue weighted by atomic mass is 10.0. The largest absolute Gasteiger partial charge is 0.388 e. The molecule has 0 amide bonds. The zero-order chi connectivity index (χ0) is 12.5. The molecule has 0 saturated carbocycles. The number of unbranched alkanes of at least 4 members (excludes halogenated alkanes) is 6. The van der Waals surface area contributed by atoms with Crippen LogP contribution in [-0.4, -0.2) is 5.11 Å². The summed E-state index contributed by atoms with van der Waals surface area (Å²) in [6.45, 7) is 2.25. The van der Waals surface area contributed by atoms with E-state index in [9.17, 15) is 5.11 Å².